The number of pyridine rings is 2. The standard InChI is InChI=1S/C26H24N6O3/c1-2-23(34)31-11-3-4-19(16-31)32-25-21(14-28-15-22(25)26(27)35)24(29-32)17-5-7-18(8-6-17)30-12-9-20(33)10-13-30/h2,5-10,12-15,19H,1,3-4,11,16H2,(H2,27,35)/t19-/m1/s1. The molecule has 4 heterocycles. The van der Waals surface area contributed by atoms with Crippen LogP contribution in [0.5, 0.6) is 0 Å². The summed E-state index contributed by atoms with van der Waals surface area (Å²) >= 11 is 0. The Morgan fingerprint density at radius 1 is 1.09 bits per heavy atom. The normalized spacial score (nSPS) is 15.8. The van der Waals surface area contributed by atoms with E-state index < -0.39 is 5.91 Å². The van der Waals surface area contributed by atoms with E-state index in [-0.39, 0.29) is 17.4 Å². The Balaban J connectivity index is 1.60. The third-order valence-electron chi connectivity index (χ3n) is 6.34. The van der Waals surface area contributed by atoms with Crippen molar-refractivity contribution in [2.45, 2.75) is 18.9 Å². The number of fused-ring (bicyclic) bond motifs is 1. The van der Waals surface area contributed by atoms with Crippen molar-refractivity contribution in [1.82, 2.24) is 24.2 Å². The number of carbonyl (C=O) groups excluding carboxylic acids is 2. The topological polar surface area (TPSA) is 116 Å². The van der Waals surface area contributed by atoms with Gasteiger partial charge in [0, 0.05) is 66.6 Å². The second kappa shape index (κ2) is 9.02. The molecule has 4 aromatic rings. The highest BCUT2D eigenvalue weighted by Gasteiger charge is 2.28. The lowest BCUT2D eigenvalue weighted by Gasteiger charge is -2.32. The van der Waals surface area contributed by atoms with Crippen LogP contribution in [0.25, 0.3) is 27.8 Å². The molecule has 176 valence electrons. The lowest BCUT2D eigenvalue weighted by Crippen LogP contribution is -2.40. The molecule has 0 spiro atoms. The van der Waals surface area contributed by atoms with E-state index in [9.17, 15) is 14.4 Å². The second-order valence-electron chi connectivity index (χ2n) is 8.51. The predicted octanol–water partition coefficient (Wildman–Crippen LogP) is 2.70. The Bertz CT molecular complexity index is 1480. The van der Waals surface area contributed by atoms with Gasteiger partial charge in [0.25, 0.3) is 5.91 Å². The monoisotopic (exact) mass is 468 g/mol. The Morgan fingerprint density at radius 2 is 1.83 bits per heavy atom. The molecule has 2 amide bonds. The Morgan fingerprint density at radius 3 is 2.51 bits per heavy atom. The zero-order valence-corrected chi connectivity index (χ0v) is 19.0. The Hall–Kier alpha value is -4.53. The molecule has 1 aliphatic rings. The highest BCUT2D eigenvalue weighted by atomic mass is 16.2. The molecule has 0 bridgehead atoms. The van der Waals surface area contributed by atoms with Gasteiger partial charge in [-0.05, 0) is 31.1 Å². The van der Waals surface area contributed by atoms with Gasteiger partial charge in [0.05, 0.1) is 17.1 Å². The van der Waals surface area contributed by atoms with E-state index in [1.807, 2.05) is 33.5 Å². The molecule has 0 radical (unpaired) electrons. The first-order valence-corrected chi connectivity index (χ1v) is 11.3. The van der Waals surface area contributed by atoms with E-state index in [1.165, 1.54) is 24.4 Å². The number of rotatable bonds is 5. The smallest absolute Gasteiger partial charge is 0.252 e. The number of likely N-dealkylation sites (tertiary alicyclic amines) is 1. The lowest BCUT2D eigenvalue weighted by atomic mass is 10.0. The van der Waals surface area contributed by atoms with Crippen molar-refractivity contribution in [3.63, 3.8) is 0 Å². The second-order valence-corrected chi connectivity index (χ2v) is 8.51. The van der Waals surface area contributed by atoms with Crippen LogP contribution in [0.2, 0.25) is 0 Å². The van der Waals surface area contributed by atoms with Crippen molar-refractivity contribution in [3.05, 3.63) is 89.6 Å². The van der Waals surface area contributed by atoms with Crippen molar-refractivity contribution in [2.75, 3.05) is 13.1 Å². The fraction of sp³-hybridized carbons (Fsp3) is 0.192. The molecular formula is C26H24N6O3. The van der Waals surface area contributed by atoms with Gasteiger partial charge in [0.1, 0.15) is 5.69 Å². The van der Waals surface area contributed by atoms with Gasteiger partial charge in [0.15, 0.2) is 5.43 Å². The summed E-state index contributed by atoms with van der Waals surface area (Å²) in [5, 5.41) is 5.63. The van der Waals surface area contributed by atoms with Crippen LogP contribution in [-0.4, -0.2) is 49.1 Å². The molecule has 9 nitrogen and oxygen atoms in total. The minimum absolute atomic E-state index is 0.0521. The third-order valence-corrected chi connectivity index (χ3v) is 6.34. The average molecular weight is 469 g/mol. The van der Waals surface area contributed by atoms with E-state index in [1.54, 1.807) is 23.5 Å². The zero-order chi connectivity index (χ0) is 24.5. The number of primary amides is 1. The molecule has 1 aliphatic heterocycles. The van der Waals surface area contributed by atoms with Gasteiger partial charge < -0.3 is 15.2 Å². The number of amides is 2. The maximum atomic E-state index is 12.3. The van der Waals surface area contributed by atoms with E-state index >= 15 is 0 Å². The predicted molar refractivity (Wildman–Crippen MR) is 132 cm³/mol. The highest BCUT2D eigenvalue weighted by Crippen LogP contribution is 2.34. The summed E-state index contributed by atoms with van der Waals surface area (Å²) in [6, 6.07) is 10.6. The molecule has 35 heavy (non-hydrogen) atoms. The summed E-state index contributed by atoms with van der Waals surface area (Å²) in [4.78, 5) is 41.9. The molecule has 1 aromatic carbocycles. The van der Waals surface area contributed by atoms with Crippen molar-refractivity contribution < 1.29 is 9.59 Å². The average Bonchev–Trinajstić information content (AvgIpc) is 3.28. The van der Waals surface area contributed by atoms with E-state index in [0.717, 1.165) is 24.1 Å². The number of aromatic nitrogens is 4. The molecule has 1 atom stereocenters. The van der Waals surface area contributed by atoms with Gasteiger partial charge in [-0.2, -0.15) is 5.10 Å². The largest absolute Gasteiger partial charge is 0.365 e. The molecule has 2 N–H and O–H groups in total. The van der Waals surface area contributed by atoms with Crippen LogP contribution in [0.1, 0.15) is 29.2 Å². The quantitative estimate of drug-likeness (QED) is 0.452. The van der Waals surface area contributed by atoms with Gasteiger partial charge in [-0.3, -0.25) is 24.0 Å². The molecule has 5 rings (SSSR count). The molecule has 3 aromatic heterocycles. The first kappa shape index (κ1) is 22.3. The molecule has 1 fully saturated rings. The van der Waals surface area contributed by atoms with Crippen LogP contribution in [0.15, 0.2) is 78.6 Å². The van der Waals surface area contributed by atoms with Crippen LogP contribution in [-0.2, 0) is 4.79 Å². The van der Waals surface area contributed by atoms with Gasteiger partial charge in [-0.15, -0.1) is 0 Å². The maximum absolute atomic E-state index is 12.3. The van der Waals surface area contributed by atoms with Crippen LogP contribution < -0.4 is 11.2 Å². The van der Waals surface area contributed by atoms with Crippen molar-refractivity contribution in [1.29, 1.82) is 0 Å². The Labute approximate surface area is 201 Å². The first-order valence-electron chi connectivity index (χ1n) is 11.3. The van der Waals surface area contributed by atoms with Gasteiger partial charge in [-0.1, -0.05) is 18.7 Å². The summed E-state index contributed by atoms with van der Waals surface area (Å²) in [5.74, 6) is -0.708. The fourth-order valence-corrected chi connectivity index (χ4v) is 4.60. The Kier molecular flexibility index (Phi) is 5.74. The van der Waals surface area contributed by atoms with Crippen molar-refractivity contribution >= 4 is 22.7 Å². The molecule has 1 saturated heterocycles. The number of hydrogen-bond acceptors (Lipinski definition) is 5. The fourth-order valence-electron chi connectivity index (χ4n) is 4.60. The molecule has 0 saturated carbocycles. The van der Waals surface area contributed by atoms with E-state index in [2.05, 4.69) is 11.6 Å². The minimum atomic E-state index is -0.584. The number of benzene rings is 1. The van der Waals surface area contributed by atoms with Crippen LogP contribution in [0.3, 0.4) is 0 Å². The van der Waals surface area contributed by atoms with Crippen molar-refractivity contribution in [3.8, 4) is 16.9 Å². The number of carbonyl (C=O) groups is 2. The zero-order valence-electron chi connectivity index (χ0n) is 19.0. The minimum Gasteiger partial charge on any atom is -0.365 e. The van der Waals surface area contributed by atoms with Gasteiger partial charge in [-0.25, -0.2) is 0 Å². The van der Waals surface area contributed by atoms with Crippen LogP contribution >= 0.6 is 0 Å². The van der Waals surface area contributed by atoms with Gasteiger partial charge in [0.2, 0.25) is 5.91 Å². The SMILES string of the molecule is C=CC(=O)N1CCC[C@@H](n2nc(-c3ccc(-n4ccc(=O)cc4)cc3)c3cncc(C(N)=O)c32)C1. The molecule has 0 aliphatic carbocycles. The maximum Gasteiger partial charge on any atom is 0.252 e. The molecule has 9 heteroatoms. The van der Waals surface area contributed by atoms with Crippen molar-refractivity contribution in [2.24, 2.45) is 5.73 Å². The van der Waals surface area contributed by atoms with E-state index in [0.29, 0.717) is 35.2 Å². The summed E-state index contributed by atoms with van der Waals surface area (Å²) < 4.78 is 3.67. The number of nitrogens with two attached hydrogens (primary N) is 1. The first-order chi connectivity index (χ1) is 17.0. The summed E-state index contributed by atoms with van der Waals surface area (Å²) in [6.45, 7) is 4.72. The number of nitrogens with zero attached hydrogens (tertiary/aromatic N) is 5. The number of piperidine rings is 1. The lowest BCUT2D eigenvalue weighted by molar-refractivity contribution is -0.127. The summed E-state index contributed by atoms with van der Waals surface area (Å²) in [5.41, 5.74) is 8.96. The molecule has 0 unspecified atom stereocenters. The van der Waals surface area contributed by atoms with Crippen LogP contribution in [0, 0.1) is 0 Å². The summed E-state index contributed by atoms with van der Waals surface area (Å²) in [6.07, 6.45) is 9.51. The third kappa shape index (κ3) is 4.12. The van der Waals surface area contributed by atoms with E-state index in [4.69, 9.17) is 10.8 Å². The van der Waals surface area contributed by atoms with Gasteiger partial charge >= 0.3 is 0 Å². The number of hydrogen-bond donors (Lipinski definition) is 1. The molecular weight excluding hydrogens is 444 g/mol. The highest BCUT2D eigenvalue weighted by molar-refractivity contribution is 6.07. The van der Waals surface area contributed by atoms with Crippen LogP contribution in [0.4, 0.5) is 0 Å². The summed E-state index contributed by atoms with van der Waals surface area (Å²) in [7, 11) is 0.